The highest BCUT2D eigenvalue weighted by molar-refractivity contribution is 7.99. The van der Waals surface area contributed by atoms with E-state index in [2.05, 4.69) is 10.6 Å². The summed E-state index contributed by atoms with van der Waals surface area (Å²) in [7, 11) is 1.69. The molecule has 3 nitrogen and oxygen atoms in total. The molecule has 0 bridgehead atoms. The van der Waals surface area contributed by atoms with E-state index >= 15 is 0 Å². The van der Waals surface area contributed by atoms with Gasteiger partial charge in [-0.1, -0.05) is 0 Å². The van der Waals surface area contributed by atoms with Crippen molar-refractivity contribution in [3.8, 4) is 0 Å². The summed E-state index contributed by atoms with van der Waals surface area (Å²) < 4.78 is 4.93. The van der Waals surface area contributed by atoms with Crippen molar-refractivity contribution >= 4 is 29.1 Å². The van der Waals surface area contributed by atoms with Crippen molar-refractivity contribution in [2.24, 2.45) is 0 Å². The Morgan fingerprint density at radius 1 is 1.64 bits per heavy atom. The van der Waals surface area contributed by atoms with E-state index in [1.807, 2.05) is 11.8 Å². The predicted molar refractivity (Wildman–Crippen MR) is 66.0 cm³/mol. The van der Waals surface area contributed by atoms with Crippen LogP contribution in [0.15, 0.2) is 0 Å². The third-order valence-corrected chi connectivity index (χ3v) is 3.56. The van der Waals surface area contributed by atoms with Crippen LogP contribution in [0.4, 0.5) is 0 Å². The highest BCUT2D eigenvalue weighted by Crippen LogP contribution is 2.16. The van der Waals surface area contributed by atoms with E-state index in [-0.39, 0.29) is 0 Å². The molecule has 0 amide bonds. The van der Waals surface area contributed by atoms with Crippen LogP contribution in [0.25, 0.3) is 0 Å². The molecule has 82 valence electrons. The second kappa shape index (κ2) is 7.31. The minimum atomic E-state index is 0.552. The number of nitrogens with one attached hydrogen (secondary N) is 2. The standard InChI is InChI=1S/C9H18N2OS2/c1-12-5-4-10-9(13)11-8-3-2-6-14-7-8/h8H,2-7H2,1H3,(H2,10,11,13). The van der Waals surface area contributed by atoms with Gasteiger partial charge in [-0.3, -0.25) is 0 Å². The Labute approximate surface area is 95.3 Å². The van der Waals surface area contributed by atoms with Crippen LogP contribution in [-0.2, 0) is 4.74 Å². The molecule has 1 atom stereocenters. The van der Waals surface area contributed by atoms with Gasteiger partial charge in [-0.25, -0.2) is 0 Å². The molecular formula is C9H18N2OS2. The van der Waals surface area contributed by atoms with Crippen LogP contribution in [0.2, 0.25) is 0 Å². The van der Waals surface area contributed by atoms with Crippen molar-refractivity contribution in [2.45, 2.75) is 18.9 Å². The Morgan fingerprint density at radius 3 is 3.14 bits per heavy atom. The quantitative estimate of drug-likeness (QED) is 0.560. The number of methoxy groups -OCH3 is 1. The average molecular weight is 234 g/mol. The molecule has 0 aromatic heterocycles. The van der Waals surface area contributed by atoms with E-state index in [4.69, 9.17) is 17.0 Å². The predicted octanol–water partition coefficient (Wildman–Crippen LogP) is 0.992. The zero-order chi connectivity index (χ0) is 10.2. The largest absolute Gasteiger partial charge is 0.383 e. The van der Waals surface area contributed by atoms with E-state index in [1.54, 1.807) is 7.11 Å². The lowest BCUT2D eigenvalue weighted by Gasteiger charge is -2.24. The molecule has 1 aliphatic rings. The van der Waals surface area contributed by atoms with Gasteiger partial charge in [0.25, 0.3) is 0 Å². The van der Waals surface area contributed by atoms with Gasteiger partial charge in [0.15, 0.2) is 5.11 Å². The van der Waals surface area contributed by atoms with Gasteiger partial charge in [-0.2, -0.15) is 11.8 Å². The number of rotatable bonds is 4. The molecule has 5 heteroatoms. The van der Waals surface area contributed by atoms with Gasteiger partial charge in [-0.05, 0) is 30.8 Å². The Bertz CT molecular complexity index is 172. The molecule has 0 saturated carbocycles. The topological polar surface area (TPSA) is 33.3 Å². The van der Waals surface area contributed by atoms with Gasteiger partial charge in [0.05, 0.1) is 6.61 Å². The minimum Gasteiger partial charge on any atom is -0.383 e. The zero-order valence-electron chi connectivity index (χ0n) is 8.54. The van der Waals surface area contributed by atoms with Crippen molar-refractivity contribution in [2.75, 3.05) is 31.8 Å². The highest BCUT2D eigenvalue weighted by atomic mass is 32.2. The van der Waals surface area contributed by atoms with Crippen molar-refractivity contribution in [3.05, 3.63) is 0 Å². The fraction of sp³-hybridized carbons (Fsp3) is 0.889. The Balaban J connectivity index is 2.06. The summed E-state index contributed by atoms with van der Waals surface area (Å²) in [6.07, 6.45) is 2.53. The van der Waals surface area contributed by atoms with Crippen molar-refractivity contribution in [1.29, 1.82) is 0 Å². The molecule has 0 aromatic rings. The fourth-order valence-corrected chi connectivity index (χ4v) is 2.70. The summed E-state index contributed by atoms with van der Waals surface area (Å²) in [5.74, 6) is 2.47. The lowest BCUT2D eigenvalue weighted by atomic mass is 10.2. The first-order valence-electron chi connectivity index (χ1n) is 4.94. The molecule has 2 N–H and O–H groups in total. The number of thioether (sulfide) groups is 1. The maximum Gasteiger partial charge on any atom is 0.166 e. The molecule has 14 heavy (non-hydrogen) atoms. The van der Waals surface area contributed by atoms with E-state index in [0.29, 0.717) is 12.6 Å². The lowest BCUT2D eigenvalue weighted by molar-refractivity contribution is 0.204. The third-order valence-electron chi connectivity index (χ3n) is 2.09. The van der Waals surface area contributed by atoms with Crippen LogP contribution in [0.1, 0.15) is 12.8 Å². The normalized spacial score (nSPS) is 21.6. The van der Waals surface area contributed by atoms with Gasteiger partial charge in [-0.15, -0.1) is 0 Å². The first-order valence-corrected chi connectivity index (χ1v) is 6.50. The molecule has 0 aromatic carbocycles. The number of thiocarbonyl (C=S) groups is 1. The maximum absolute atomic E-state index is 5.16. The van der Waals surface area contributed by atoms with Crippen LogP contribution in [0.3, 0.4) is 0 Å². The van der Waals surface area contributed by atoms with E-state index < -0.39 is 0 Å². The van der Waals surface area contributed by atoms with E-state index in [0.717, 1.165) is 11.7 Å². The second-order valence-corrected chi connectivity index (χ2v) is 4.87. The van der Waals surface area contributed by atoms with Crippen molar-refractivity contribution in [1.82, 2.24) is 10.6 Å². The Kier molecular flexibility index (Phi) is 6.31. The summed E-state index contributed by atoms with van der Waals surface area (Å²) >= 11 is 7.16. The molecule has 1 rings (SSSR count). The number of hydrogen-bond donors (Lipinski definition) is 2. The van der Waals surface area contributed by atoms with Gasteiger partial charge < -0.3 is 15.4 Å². The smallest absolute Gasteiger partial charge is 0.166 e. The van der Waals surface area contributed by atoms with Crippen LogP contribution < -0.4 is 10.6 Å². The molecule has 1 fully saturated rings. The van der Waals surface area contributed by atoms with Crippen molar-refractivity contribution in [3.63, 3.8) is 0 Å². The molecule has 1 heterocycles. The molecule has 0 spiro atoms. The highest BCUT2D eigenvalue weighted by Gasteiger charge is 2.13. The number of hydrogen-bond acceptors (Lipinski definition) is 3. The maximum atomic E-state index is 5.16. The Morgan fingerprint density at radius 2 is 2.50 bits per heavy atom. The second-order valence-electron chi connectivity index (χ2n) is 3.31. The minimum absolute atomic E-state index is 0.552. The molecule has 1 aliphatic heterocycles. The van der Waals surface area contributed by atoms with Crippen molar-refractivity contribution < 1.29 is 4.74 Å². The summed E-state index contributed by atoms with van der Waals surface area (Å²) in [5.41, 5.74) is 0. The van der Waals surface area contributed by atoms with Gasteiger partial charge in [0.1, 0.15) is 0 Å². The Hall–Kier alpha value is 0. The first kappa shape index (κ1) is 12.1. The van der Waals surface area contributed by atoms with Crippen LogP contribution >= 0.6 is 24.0 Å². The number of ether oxygens (including phenoxy) is 1. The SMILES string of the molecule is COCCNC(=S)NC1CCCSC1. The van der Waals surface area contributed by atoms with Gasteiger partial charge in [0.2, 0.25) is 0 Å². The summed E-state index contributed by atoms with van der Waals surface area (Å²) in [6, 6.07) is 0.552. The first-order chi connectivity index (χ1) is 6.83. The lowest BCUT2D eigenvalue weighted by Crippen LogP contribution is -2.44. The summed E-state index contributed by atoms with van der Waals surface area (Å²) in [4.78, 5) is 0. The van der Waals surface area contributed by atoms with Crippen LogP contribution in [0, 0.1) is 0 Å². The average Bonchev–Trinajstić information content (AvgIpc) is 2.20. The summed E-state index contributed by atoms with van der Waals surface area (Å²) in [5, 5.41) is 7.20. The van der Waals surface area contributed by atoms with Gasteiger partial charge in [0, 0.05) is 25.4 Å². The molecule has 0 aliphatic carbocycles. The molecule has 1 unspecified atom stereocenters. The zero-order valence-corrected chi connectivity index (χ0v) is 10.2. The summed E-state index contributed by atoms with van der Waals surface area (Å²) in [6.45, 7) is 1.48. The van der Waals surface area contributed by atoms with E-state index in [9.17, 15) is 0 Å². The van der Waals surface area contributed by atoms with Gasteiger partial charge >= 0.3 is 0 Å². The molecule has 0 radical (unpaired) electrons. The van der Waals surface area contributed by atoms with Crippen LogP contribution in [0.5, 0.6) is 0 Å². The molecule has 1 saturated heterocycles. The third kappa shape index (κ3) is 5.02. The fourth-order valence-electron chi connectivity index (χ4n) is 1.36. The van der Waals surface area contributed by atoms with E-state index in [1.165, 1.54) is 24.3 Å². The molecular weight excluding hydrogens is 216 g/mol. The monoisotopic (exact) mass is 234 g/mol. The van der Waals surface area contributed by atoms with Crippen LogP contribution in [-0.4, -0.2) is 42.9 Å².